The monoisotopic (exact) mass is 217 g/mol. The fourth-order valence-corrected chi connectivity index (χ4v) is 1.46. The van der Waals surface area contributed by atoms with Gasteiger partial charge >= 0.3 is 0 Å². The summed E-state index contributed by atoms with van der Waals surface area (Å²) in [6, 6.07) is 9.65. The van der Waals surface area contributed by atoms with Crippen molar-refractivity contribution in [2.75, 3.05) is 6.61 Å². The van der Waals surface area contributed by atoms with Gasteiger partial charge in [-0.3, -0.25) is 0 Å². The quantitative estimate of drug-likeness (QED) is 0.683. The van der Waals surface area contributed by atoms with Gasteiger partial charge in [0.1, 0.15) is 0 Å². The van der Waals surface area contributed by atoms with E-state index in [4.69, 9.17) is 10.00 Å². The summed E-state index contributed by atoms with van der Waals surface area (Å²) in [5.41, 5.74) is 1.83. The van der Waals surface area contributed by atoms with Crippen LogP contribution in [0, 0.1) is 17.2 Å². The van der Waals surface area contributed by atoms with Crippen molar-refractivity contribution < 1.29 is 4.74 Å². The van der Waals surface area contributed by atoms with Crippen molar-refractivity contribution in [2.24, 2.45) is 5.92 Å². The first-order valence-electron chi connectivity index (χ1n) is 5.79. The summed E-state index contributed by atoms with van der Waals surface area (Å²) in [5, 5.41) is 8.65. The zero-order chi connectivity index (χ0) is 11.8. The van der Waals surface area contributed by atoms with Crippen LogP contribution in [0.4, 0.5) is 0 Å². The normalized spacial score (nSPS) is 10.4. The Balaban J connectivity index is 2.20. The highest BCUT2D eigenvalue weighted by molar-refractivity contribution is 5.31. The van der Waals surface area contributed by atoms with Gasteiger partial charge in [0.15, 0.2) is 0 Å². The van der Waals surface area contributed by atoms with Crippen LogP contribution in [-0.2, 0) is 11.3 Å². The Morgan fingerprint density at radius 1 is 1.25 bits per heavy atom. The van der Waals surface area contributed by atoms with Crippen LogP contribution in [0.2, 0.25) is 0 Å². The fourth-order valence-electron chi connectivity index (χ4n) is 1.46. The number of ether oxygens (including phenoxy) is 1. The van der Waals surface area contributed by atoms with E-state index in [1.807, 2.05) is 24.3 Å². The molecule has 0 aliphatic carbocycles. The molecule has 0 aromatic heterocycles. The highest BCUT2D eigenvalue weighted by atomic mass is 16.5. The Hall–Kier alpha value is -1.33. The van der Waals surface area contributed by atoms with Crippen LogP contribution in [-0.4, -0.2) is 6.61 Å². The van der Waals surface area contributed by atoms with E-state index in [0.717, 1.165) is 24.5 Å². The van der Waals surface area contributed by atoms with E-state index >= 15 is 0 Å². The SMILES string of the molecule is CC(C)CCCOCc1ccc(C#N)cc1. The fraction of sp³-hybridized carbons (Fsp3) is 0.500. The first-order chi connectivity index (χ1) is 7.72. The Bertz CT molecular complexity index is 335. The predicted molar refractivity (Wildman–Crippen MR) is 64.9 cm³/mol. The molecule has 2 heteroatoms. The van der Waals surface area contributed by atoms with E-state index in [1.165, 1.54) is 6.42 Å². The number of hydrogen-bond donors (Lipinski definition) is 0. The molecule has 0 saturated carbocycles. The maximum Gasteiger partial charge on any atom is 0.0991 e. The first kappa shape index (κ1) is 12.7. The molecule has 1 aromatic carbocycles. The maximum atomic E-state index is 8.65. The number of nitriles is 1. The van der Waals surface area contributed by atoms with Crippen LogP contribution < -0.4 is 0 Å². The number of rotatable bonds is 6. The van der Waals surface area contributed by atoms with Crippen LogP contribution in [0.1, 0.15) is 37.8 Å². The third-order valence-electron chi connectivity index (χ3n) is 2.42. The topological polar surface area (TPSA) is 33.0 Å². The van der Waals surface area contributed by atoms with Gasteiger partial charge in [-0.05, 0) is 36.5 Å². The molecule has 0 saturated heterocycles. The van der Waals surface area contributed by atoms with E-state index in [-0.39, 0.29) is 0 Å². The Labute approximate surface area is 97.9 Å². The summed E-state index contributed by atoms with van der Waals surface area (Å²) in [6.45, 7) is 5.91. The maximum absolute atomic E-state index is 8.65. The first-order valence-corrected chi connectivity index (χ1v) is 5.79. The van der Waals surface area contributed by atoms with Crippen molar-refractivity contribution in [1.82, 2.24) is 0 Å². The molecule has 0 heterocycles. The predicted octanol–water partition coefficient (Wildman–Crippen LogP) is 3.51. The summed E-state index contributed by atoms with van der Waals surface area (Å²) in [6.07, 6.45) is 2.33. The molecule has 0 fully saturated rings. The molecule has 0 spiro atoms. The van der Waals surface area contributed by atoms with Gasteiger partial charge in [0, 0.05) is 6.61 Å². The van der Waals surface area contributed by atoms with Gasteiger partial charge in [0.05, 0.1) is 18.2 Å². The Kier molecular flexibility index (Phi) is 5.60. The van der Waals surface area contributed by atoms with E-state index in [9.17, 15) is 0 Å². The molecule has 86 valence electrons. The van der Waals surface area contributed by atoms with Crippen LogP contribution in [0.5, 0.6) is 0 Å². The van der Waals surface area contributed by atoms with Gasteiger partial charge in [-0.2, -0.15) is 5.26 Å². The van der Waals surface area contributed by atoms with Crippen LogP contribution in [0.15, 0.2) is 24.3 Å². The minimum absolute atomic E-state index is 0.643. The van der Waals surface area contributed by atoms with Crippen molar-refractivity contribution in [2.45, 2.75) is 33.3 Å². The molecule has 1 rings (SSSR count). The summed E-state index contributed by atoms with van der Waals surface area (Å²) in [5.74, 6) is 0.749. The van der Waals surface area contributed by atoms with Gasteiger partial charge in [-0.25, -0.2) is 0 Å². The second-order valence-corrected chi connectivity index (χ2v) is 4.40. The van der Waals surface area contributed by atoms with E-state index < -0.39 is 0 Å². The molecule has 16 heavy (non-hydrogen) atoms. The third kappa shape index (κ3) is 4.95. The zero-order valence-electron chi connectivity index (χ0n) is 10.1. The van der Waals surface area contributed by atoms with Gasteiger partial charge in [-0.15, -0.1) is 0 Å². The van der Waals surface area contributed by atoms with E-state index in [1.54, 1.807) is 0 Å². The molecule has 0 atom stereocenters. The summed E-state index contributed by atoms with van der Waals surface area (Å²) < 4.78 is 5.56. The van der Waals surface area contributed by atoms with Crippen LogP contribution in [0.3, 0.4) is 0 Å². The minimum atomic E-state index is 0.643. The molecule has 0 N–H and O–H groups in total. The van der Waals surface area contributed by atoms with E-state index in [2.05, 4.69) is 19.9 Å². The highest BCUT2D eigenvalue weighted by Gasteiger charge is 1.96. The van der Waals surface area contributed by atoms with Crippen molar-refractivity contribution >= 4 is 0 Å². The van der Waals surface area contributed by atoms with E-state index in [0.29, 0.717) is 12.2 Å². The summed E-state index contributed by atoms with van der Waals surface area (Å²) in [7, 11) is 0. The Morgan fingerprint density at radius 2 is 1.94 bits per heavy atom. The third-order valence-corrected chi connectivity index (χ3v) is 2.42. The summed E-state index contributed by atoms with van der Waals surface area (Å²) in [4.78, 5) is 0. The smallest absolute Gasteiger partial charge is 0.0991 e. The lowest BCUT2D eigenvalue weighted by Gasteiger charge is -2.06. The molecule has 0 aliphatic heterocycles. The average molecular weight is 217 g/mol. The second-order valence-electron chi connectivity index (χ2n) is 4.40. The van der Waals surface area contributed by atoms with Crippen LogP contribution >= 0.6 is 0 Å². The standard InChI is InChI=1S/C14H19NO/c1-12(2)4-3-9-16-11-14-7-5-13(10-15)6-8-14/h5-8,12H,3-4,9,11H2,1-2H3. The van der Waals surface area contributed by atoms with Gasteiger partial charge in [0.25, 0.3) is 0 Å². The zero-order valence-corrected chi connectivity index (χ0v) is 10.1. The Morgan fingerprint density at radius 3 is 2.50 bits per heavy atom. The van der Waals surface area contributed by atoms with Gasteiger partial charge in [-0.1, -0.05) is 26.0 Å². The second kappa shape index (κ2) is 7.03. The molecule has 0 bridgehead atoms. The van der Waals surface area contributed by atoms with Crippen molar-refractivity contribution in [3.05, 3.63) is 35.4 Å². The van der Waals surface area contributed by atoms with Gasteiger partial charge in [0.2, 0.25) is 0 Å². The number of benzene rings is 1. The molecular weight excluding hydrogens is 198 g/mol. The molecule has 0 unspecified atom stereocenters. The number of nitrogens with zero attached hydrogens (tertiary/aromatic N) is 1. The van der Waals surface area contributed by atoms with Crippen molar-refractivity contribution in [3.63, 3.8) is 0 Å². The highest BCUT2D eigenvalue weighted by Crippen LogP contribution is 2.07. The molecule has 0 aliphatic rings. The molecule has 0 radical (unpaired) electrons. The summed E-state index contributed by atoms with van der Waals surface area (Å²) >= 11 is 0. The molecular formula is C14H19NO. The average Bonchev–Trinajstić information content (AvgIpc) is 2.29. The van der Waals surface area contributed by atoms with Crippen LogP contribution in [0.25, 0.3) is 0 Å². The van der Waals surface area contributed by atoms with Gasteiger partial charge < -0.3 is 4.74 Å². The molecule has 2 nitrogen and oxygen atoms in total. The van der Waals surface area contributed by atoms with Crippen molar-refractivity contribution in [3.8, 4) is 6.07 Å². The lowest BCUT2D eigenvalue weighted by atomic mass is 10.1. The molecule has 0 amide bonds. The largest absolute Gasteiger partial charge is 0.377 e. The minimum Gasteiger partial charge on any atom is -0.377 e. The molecule has 1 aromatic rings. The lowest BCUT2D eigenvalue weighted by Crippen LogP contribution is -1.97. The lowest BCUT2D eigenvalue weighted by molar-refractivity contribution is 0.115. The number of hydrogen-bond acceptors (Lipinski definition) is 2. The van der Waals surface area contributed by atoms with Crippen molar-refractivity contribution in [1.29, 1.82) is 5.26 Å².